The van der Waals surface area contributed by atoms with Gasteiger partial charge in [0, 0.05) is 24.0 Å². The molecule has 0 radical (unpaired) electrons. The molecule has 0 heterocycles. The second kappa shape index (κ2) is 6.64. The third kappa shape index (κ3) is 4.96. The minimum Gasteiger partial charge on any atom is -0.399 e. The maximum atomic E-state index is 5.78. The van der Waals surface area contributed by atoms with Crippen LogP contribution in [0, 0.1) is 12.8 Å². The molecule has 3 N–H and O–H groups in total. The molecule has 0 spiro atoms. The van der Waals surface area contributed by atoms with Crippen molar-refractivity contribution in [3.8, 4) is 0 Å². The molecule has 0 aliphatic rings. The van der Waals surface area contributed by atoms with Gasteiger partial charge >= 0.3 is 0 Å². The summed E-state index contributed by atoms with van der Waals surface area (Å²) in [5, 5.41) is 3.64. The first-order chi connectivity index (χ1) is 8.38. The molecule has 0 amide bonds. The van der Waals surface area contributed by atoms with Crippen LogP contribution in [0.1, 0.15) is 25.8 Å². The van der Waals surface area contributed by atoms with Gasteiger partial charge in [-0.1, -0.05) is 13.8 Å². The van der Waals surface area contributed by atoms with Crippen LogP contribution >= 0.6 is 0 Å². The van der Waals surface area contributed by atoms with Crippen molar-refractivity contribution in [1.82, 2.24) is 4.90 Å². The molecule has 0 aliphatic heterocycles. The average molecular weight is 249 g/mol. The van der Waals surface area contributed by atoms with Gasteiger partial charge in [-0.3, -0.25) is 0 Å². The SMILES string of the molecule is Cc1cc(N)ccc1NC(CC(C)C)CN(C)C. The van der Waals surface area contributed by atoms with Gasteiger partial charge in [0.25, 0.3) is 0 Å². The fraction of sp³-hybridized carbons (Fsp3) is 0.600. The smallest absolute Gasteiger partial charge is 0.0390 e. The topological polar surface area (TPSA) is 41.3 Å². The van der Waals surface area contributed by atoms with E-state index in [-0.39, 0.29) is 0 Å². The lowest BCUT2D eigenvalue weighted by atomic mass is 10.0. The summed E-state index contributed by atoms with van der Waals surface area (Å²) >= 11 is 0. The van der Waals surface area contributed by atoms with Crippen LogP contribution in [-0.2, 0) is 0 Å². The quantitative estimate of drug-likeness (QED) is 0.762. The molecule has 1 rings (SSSR count). The second-order valence-corrected chi connectivity index (χ2v) is 5.81. The number of nitrogens with zero attached hydrogens (tertiary/aromatic N) is 1. The van der Waals surface area contributed by atoms with E-state index in [1.165, 1.54) is 17.7 Å². The zero-order valence-electron chi connectivity index (χ0n) is 12.3. The van der Waals surface area contributed by atoms with E-state index in [2.05, 4.69) is 51.1 Å². The van der Waals surface area contributed by atoms with Crippen molar-refractivity contribution in [1.29, 1.82) is 0 Å². The average Bonchev–Trinajstić information content (AvgIpc) is 2.20. The Morgan fingerprint density at radius 2 is 1.94 bits per heavy atom. The Hall–Kier alpha value is -1.22. The Balaban J connectivity index is 2.75. The van der Waals surface area contributed by atoms with Gasteiger partial charge in [-0.15, -0.1) is 0 Å². The monoisotopic (exact) mass is 249 g/mol. The van der Waals surface area contributed by atoms with Crippen molar-refractivity contribution in [2.24, 2.45) is 5.92 Å². The molecule has 0 saturated carbocycles. The number of nitrogens with two attached hydrogens (primary N) is 1. The standard InChI is InChI=1S/C15H27N3/c1-11(2)8-14(10-18(4)5)17-15-7-6-13(16)9-12(15)3/h6-7,9,11,14,17H,8,10,16H2,1-5H3. The molecule has 18 heavy (non-hydrogen) atoms. The van der Waals surface area contributed by atoms with Crippen LogP contribution in [0.4, 0.5) is 11.4 Å². The summed E-state index contributed by atoms with van der Waals surface area (Å²) in [6, 6.07) is 6.53. The Kier molecular flexibility index (Phi) is 5.48. The molecule has 102 valence electrons. The Labute approximate surface area is 111 Å². The Morgan fingerprint density at radius 3 is 2.44 bits per heavy atom. The molecule has 1 unspecified atom stereocenters. The van der Waals surface area contributed by atoms with Gasteiger partial charge in [-0.25, -0.2) is 0 Å². The van der Waals surface area contributed by atoms with E-state index in [4.69, 9.17) is 5.73 Å². The molecular weight excluding hydrogens is 222 g/mol. The van der Waals surface area contributed by atoms with Crippen LogP contribution in [0.2, 0.25) is 0 Å². The molecule has 1 aromatic rings. The number of rotatable bonds is 6. The first kappa shape index (κ1) is 14.8. The highest BCUT2D eigenvalue weighted by Gasteiger charge is 2.12. The van der Waals surface area contributed by atoms with E-state index < -0.39 is 0 Å². The molecule has 0 fully saturated rings. The van der Waals surface area contributed by atoms with Gasteiger partial charge in [0.05, 0.1) is 0 Å². The van der Waals surface area contributed by atoms with Crippen LogP contribution in [0.5, 0.6) is 0 Å². The fourth-order valence-corrected chi connectivity index (χ4v) is 2.26. The second-order valence-electron chi connectivity index (χ2n) is 5.81. The summed E-state index contributed by atoms with van der Waals surface area (Å²) in [7, 11) is 4.23. The maximum Gasteiger partial charge on any atom is 0.0390 e. The number of likely N-dealkylation sites (N-methyl/N-ethyl adjacent to an activating group) is 1. The number of benzene rings is 1. The van der Waals surface area contributed by atoms with Crippen LogP contribution < -0.4 is 11.1 Å². The van der Waals surface area contributed by atoms with Gasteiger partial charge < -0.3 is 16.0 Å². The first-order valence-electron chi connectivity index (χ1n) is 6.66. The van der Waals surface area contributed by atoms with Crippen molar-refractivity contribution in [3.63, 3.8) is 0 Å². The number of nitrogen functional groups attached to an aromatic ring is 1. The minimum atomic E-state index is 0.474. The fourth-order valence-electron chi connectivity index (χ4n) is 2.26. The summed E-state index contributed by atoms with van der Waals surface area (Å²) in [5.74, 6) is 0.691. The van der Waals surface area contributed by atoms with E-state index in [1.807, 2.05) is 12.1 Å². The lowest BCUT2D eigenvalue weighted by molar-refractivity contribution is 0.356. The van der Waals surface area contributed by atoms with E-state index in [0.29, 0.717) is 12.0 Å². The lowest BCUT2D eigenvalue weighted by Gasteiger charge is -2.25. The number of hydrogen-bond acceptors (Lipinski definition) is 3. The predicted molar refractivity (Wildman–Crippen MR) is 81.0 cm³/mol. The normalized spacial score (nSPS) is 13.1. The van der Waals surface area contributed by atoms with E-state index in [9.17, 15) is 0 Å². The molecular formula is C15H27N3. The molecule has 3 heteroatoms. The van der Waals surface area contributed by atoms with Crippen LogP contribution in [-0.4, -0.2) is 31.6 Å². The minimum absolute atomic E-state index is 0.474. The summed E-state index contributed by atoms with van der Waals surface area (Å²) in [5.41, 5.74) is 9.01. The van der Waals surface area contributed by atoms with Crippen molar-refractivity contribution in [2.45, 2.75) is 33.2 Å². The molecule has 0 bridgehead atoms. The number of nitrogens with one attached hydrogen (secondary N) is 1. The molecule has 0 aromatic heterocycles. The summed E-state index contributed by atoms with van der Waals surface area (Å²) < 4.78 is 0. The molecule has 0 saturated heterocycles. The van der Waals surface area contributed by atoms with E-state index in [0.717, 1.165) is 12.2 Å². The van der Waals surface area contributed by atoms with Crippen LogP contribution in [0.3, 0.4) is 0 Å². The Morgan fingerprint density at radius 1 is 1.28 bits per heavy atom. The van der Waals surface area contributed by atoms with Crippen LogP contribution in [0.25, 0.3) is 0 Å². The maximum absolute atomic E-state index is 5.78. The summed E-state index contributed by atoms with van der Waals surface area (Å²) in [4.78, 5) is 2.23. The van der Waals surface area contributed by atoms with Crippen molar-refractivity contribution in [3.05, 3.63) is 23.8 Å². The van der Waals surface area contributed by atoms with E-state index in [1.54, 1.807) is 0 Å². The van der Waals surface area contributed by atoms with Gasteiger partial charge in [0.1, 0.15) is 0 Å². The van der Waals surface area contributed by atoms with E-state index >= 15 is 0 Å². The Bertz CT molecular complexity index is 362. The largest absolute Gasteiger partial charge is 0.399 e. The number of anilines is 2. The van der Waals surface area contributed by atoms with Gasteiger partial charge in [0.2, 0.25) is 0 Å². The highest BCUT2D eigenvalue weighted by Crippen LogP contribution is 2.20. The van der Waals surface area contributed by atoms with Gasteiger partial charge in [0.15, 0.2) is 0 Å². The molecule has 1 atom stereocenters. The van der Waals surface area contributed by atoms with Crippen molar-refractivity contribution >= 4 is 11.4 Å². The zero-order chi connectivity index (χ0) is 13.7. The number of hydrogen-bond donors (Lipinski definition) is 2. The highest BCUT2D eigenvalue weighted by atomic mass is 15.1. The van der Waals surface area contributed by atoms with Gasteiger partial charge in [-0.2, -0.15) is 0 Å². The van der Waals surface area contributed by atoms with Crippen LogP contribution in [0.15, 0.2) is 18.2 Å². The highest BCUT2D eigenvalue weighted by molar-refractivity contribution is 5.57. The molecule has 3 nitrogen and oxygen atoms in total. The number of aryl methyl sites for hydroxylation is 1. The predicted octanol–water partition coefficient (Wildman–Crippen LogP) is 2.97. The summed E-state index contributed by atoms with van der Waals surface area (Å²) in [6.07, 6.45) is 1.17. The third-order valence-corrected chi connectivity index (χ3v) is 2.95. The third-order valence-electron chi connectivity index (χ3n) is 2.95. The lowest BCUT2D eigenvalue weighted by Crippen LogP contribution is -2.33. The first-order valence-corrected chi connectivity index (χ1v) is 6.66. The van der Waals surface area contributed by atoms with Crippen molar-refractivity contribution in [2.75, 3.05) is 31.7 Å². The van der Waals surface area contributed by atoms with Gasteiger partial charge in [-0.05, 0) is 57.1 Å². The summed E-state index contributed by atoms with van der Waals surface area (Å²) in [6.45, 7) is 7.67. The molecule has 1 aromatic carbocycles. The molecule has 0 aliphatic carbocycles. The zero-order valence-corrected chi connectivity index (χ0v) is 12.3. The van der Waals surface area contributed by atoms with Crippen molar-refractivity contribution < 1.29 is 0 Å².